The van der Waals surface area contributed by atoms with Crippen molar-refractivity contribution in [3.8, 4) is 0 Å². The molecule has 4 rings (SSSR count). The molecule has 1 N–H and O–H groups in total. The van der Waals surface area contributed by atoms with E-state index in [0.717, 1.165) is 56.1 Å². The Balaban J connectivity index is 1.52. The van der Waals surface area contributed by atoms with Crippen LogP contribution in [0.1, 0.15) is 54.6 Å². The van der Waals surface area contributed by atoms with Crippen molar-refractivity contribution in [3.63, 3.8) is 0 Å². The van der Waals surface area contributed by atoms with Gasteiger partial charge in [0.1, 0.15) is 5.69 Å². The molecular formula is C15H21N3O. The molecule has 2 aliphatic carbocycles. The van der Waals surface area contributed by atoms with Crippen LogP contribution < -0.4 is 0 Å². The van der Waals surface area contributed by atoms with E-state index in [4.69, 9.17) is 0 Å². The summed E-state index contributed by atoms with van der Waals surface area (Å²) >= 11 is 0. The molecular weight excluding hydrogens is 238 g/mol. The van der Waals surface area contributed by atoms with Crippen molar-refractivity contribution in [1.82, 2.24) is 15.1 Å². The standard InChI is InChI=1S/C15H21N3O/c19-14-13-11(10-16-17-13)4-5-15(14)6-8-18(9-7-15)12-2-1-3-12/h10,12H,1-9H2,(H,16,17). The smallest absolute Gasteiger partial charge is 0.189 e. The minimum absolute atomic E-state index is 0.0948. The predicted molar refractivity (Wildman–Crippen MR) is 72.1 cm³/mol. The second-order valence-electron chi connectivity index (χ2n) is 6.49. The molecule has 0 radical (unpaired) electrons. The van der Waals surface area contributed by atoms with Gasteiger partial charge in [-0.25, -0.2) is 0 Å². The van der Waals surface area contributed by atoms with Crippen LogP contribution in [-0.4, -0.2) is 40.0 Å². The number of piperidine rings is 1. The minimum Gasteiger partial charge on any atom is -0.300 e. The molecule has 0 aromatic carbocycles. The largest absolute Gasteiger partial charge is 0.300 e. The number of nitrogens with zero attached hydrogens (tertiary/aromatic N) is 2. The molecule has 1 spiro atoms. The lowest BCUT2D eigenvalue weighted by Gasteiger charge is -2.47. The first-order valence-electron chi connectivity index (χ1n) is 7.60. The van der Waals surface area contributed by atoms with E-state index < -0.39 is 0 Å². The molecule has 0 amide bonds. The van der Waals surface area contributed by atoms with Crippen molar-refractivity contribution in [3.05, 3.63) is 17.5 Å². The Hall–Kier alpha value is -1.16. The van der Waals surface area contributed by atoms with Crippen LogP contribution in [0, 0.1) is 5.41 Å². The van der Waals surface area contributed by atoms with Crippen LogP contribution in [0.15, 0.2) is 6.20 Å². The minimum atomic E-state index is -0.0948. The van der Waals surface area contributed by atoms with Crippen LogP contribution in [0.25, 0.3) is 0 Å². The van der Waals surface area contributed by atoms with Crippen LogP contribution in [0.4, 0.5) is 0 Å². The third-order valence-corrected chi connectivity index (χ3v) is 5.64. The van der Waals surface area contributed by atoms with Crippen molar-refractivity contribution < 1.29 is 4.79 Å². The molecule has 1 aliphatic heterocycles. The molecule has 2 fully saturated rings. The maximum absolute atomic E-state index is 12.7. The van der Waals surface area contributed by atoms with E-state index in [1.807, 2.05) is 6.20 Å². The number of aryl methyl sites for hydroxylation is 1. The SMILES string of the molecule is O=C1c2n[nH]cc2CCC12CCN(C1CCC1)CC2. The predicted octanol–water partition coefficient (Wildman–Crippen LogP) is 2.17. The van der Waals surface area contributed by atoms with Crippen molar-refractivity contribution >= 4 is 5.78 Å². The summed E-state index contributed by atoms with van der Waals surface area (Å²) in [5.74, 6) is 0.309. The molecule has 2 heterocycles. The fourth-order valence-corrected chi connectivity index (χ4v) is 3.99. The molecule has 1 aromatic rings. The Labute approximate surface area is 113 Å². The normalized spacial score (nSPS) is 27.3. The van der Waals surface area contributed by atoms with Crippen molar-refractivity contribution in [2.45, 2.75) is 51.0 Å². The molecule has 3 aliphatic rings. The number of fused-ring (bicyclic) bond motifs is 1. The van der Waals surface area contributed by atoms with Crippen LogP contribution >= 0.6 is 0 Å². The van der Waals surface area contributed by atoms with Gasteiger partial charge in [-0.15, -0.1) is 0 Å². The lowest BCUT2D eigenvalue weighted by atomic mass is 9.66. The van der Waals surface area contributed by atoms with E-state index in [2.05, 4.69) is 15.1 Å². The molecule has 0 unspecified atom stereocenters. The summed E-state index contributed by atoms with van der Waals surface area (Å²) in [6.45, 7) is 2.21. The number of carbonyl (C=O) groups is 1. The van der Waals surface area contributed by atoms with Crippen LogP contribution in [0.5, 0.6) is 0 Å². The first-order chi connectivity index (χ1) is 9.28. The third kappa shape index (κ3) is 1.69. The fourth-order valence-electron chi connectivity index (χ4n) is 3.99. The summed E-state index contributed by atoms with van der Waals surface area (Å²) in [6.07, 6.45) is 10.1. The first-order valence-corrected chi connectivity index (χ1v) is 7.60. The van der Waals surface area contributed by atoms with Gasteiger partial charge in [0.05, 0.1) is 0 Å². The molecule has 0 bridgehead atoms. The zero-order valence-corrected chi connectivity index (χ0v) is 11.3. The number of nitrogens with one attached hydrogen (secondary N) is 1. The summed E-state index contributed by atoms with van der Waals surface area (Å²) in [4.78, 5) is 15.3. The lowest BCUT2D eigenvalue weighted by Crippen LogP contribution is -2.51. The van der Waals surface area contributed by atoms with Gasteiger partial charge in [0, 0.05) is 23.2 Å². The summed E-state index contributed by atoms with van der Waals surface area (Å²) in [5, 5.41) is 7.04. The van der Waals surface area contributed by atoms with E-state index in [1.54, 1.807) is 0 Å². The average Bonchev–Trinajstić information content (AvgIpc) is 2.84. The van der Waals surface area contributed by atoms with Crippen LogP contribution in [0.2, 0.25) is 0 Å². The molecule has 1 saturated carbocycles. The number of aromatic amines is 1. The van der Waals surface area contributed by atoms with Gasteiger partial charge in [-0.2, -0.15) is 5.10 Å². The number of hydrogen-bond donors (Lipinski definition) is 1. The van der Waals surface area contributed by atoms with Gasteiger partial charge in [-0.3, -0.25) is 9.89 Å². The van der Waals surface area contributed by atoms with Gasteiger partial charge in [0.15, 0.2) is 5.78 Å². The highest BCUT2D eigenvalue weighted by molar-refractivity contribution is 6.01. The van der Waals surface area contributed by atoms with Crippen molar-refractivity contribution in [2.75, 3.05) is 13.1 Å². The second kappa shape index (κ2) is 4.17. The van der Waals surface area contributed by atoms with E-state index in [-0.39, 0.29) is 5.41 Å². The number of hydrogen-bond acceptors (Lipinski definition) is 3. The Kier molecular flexibility index (Phi) is 2.56. The van der Waals surface area contributed by atoms with Crippen LogP contribution in [-0.2, 0) is 6.42 Å². The third-order valence-electron chi connectivity index (χ3n) is 5.64. The maximum atomic E-state index is 12.7. The highest BCUT2D eigenvalue weighted by Gasteiger charge is 2.46. The van der Waals surface area contributed by atoms with E-state index in [9.17, 15) is 4.79 Å². The molecule has 1 saturated heterocycles. The quantitative estimate of drug-likeness (QED) is 0.841. The number of likely N-dealkylation sites (tertiary alicyclic amines) is 1. The number of Topliss-reactive ketones (excluding diaryl/α,β-unsaturated/α-hetero) is 1. The number of ketones is 1. The Morgan fingerprint density at radius 2 is 2.05 bits per heavy atom. The molecule has 102 valence electrons. The van der Waals surface area contributed by atoms with Gasteiger partial charge in [-0.1, -0.05) is 6.42 Å². The van der Waals surface area contributed by atoms with Gasteiger partial charge in [0.2, 0.25) is 0 Å². The maximum Gasteiger partial charge on any atom is 0.189 e. The average molecular weight is 259 g/mol. The van der Waals surface area contributed by atoms with Gasteiger partial charge in [0.25, 0.3) is 0 Å². The number of H-pyrrole nitrogens is 1. The fraction of sp³-hybridized carbons (Fsp3) is 0.733. The monoisotopic (exact) mass is 259 g/mol. The zero-order chi connectivity index (χ0) is 12.9. The molecule has 1 aromatic heterocycles. The molecule has 0 atom stereocenters. The lowest BCUT2D eigenvalue weighted by molar-refractivity contribution is 0.0313. The molecule has 19 heavy (non-hydrogen) atoms. The van der Waals surface area contributed by atoms with Gasteiger partial charge < -0.3 is 4.90 Å². The highest BCUT2D eigenvalue weighted by atomic mass is 16.1. The molecule has 4 nitrogen and oxygen atoms in total. The first kappa shape index (κ1) is 11.6. The highest BCUT2D eigenvalue weighted by Crippen LogP contribution is 2.44. The van der Waals surface area contributed by atoms with Gasteiger partial charge >= 0.3 is 0 Å². The zero-order valence-electron chi connectivity index (χ0n) is 11.3. The molecule has 4 heteroatoms. The summed E-state index contributed by atoms with van der Waals surface area (Å²) in [5.41, 5.74) is 1.75. The second-order valence-corrected chi connectivity index (χ2v) is 6.49. The van der Waals surface area contributed by atoms with E-state index in [1.165, 1.54) is 19.3 Å². The number of carbonyl (C=O) groups excluding carboxylic acids is 1. The summed E-state index contributed by atoms with van der Waals surface area (Å²) in [6, 6.07) is 0.817. The Morgan fingerprint density at radius 3 is 2.74 bits per heavy atom. The number of rotatable bonds is 1. The van der Waals surface area contributed by atoms with E-state index >= 15 is 0 Å². The number of aromatic nitrogens is 2. The van der Waals surface area contributed by atoms with Crippen LogP contribution in [0.3, 0.4) is 0 Å². The topological polar surface area (TPSA) is 49.0 Å². The van der Waals surface area contributed by atoms with Crippen molar-refractivity contribution in [2.24, 2.45) is 5.41 Å². The Morgan fingerprint density at radius 1 is 1.26 bits per heavy atom. The van der Waals surface area contributed by atoms with Gasteiger partial charge in [-0.05, 0) is 51.6 Å². The summed E-state index contributed by atoms with van der Waals surface area (Å²) in [7, 11) is 0. The van der Waals surface area contributed by atoms with E-state index in [0.29, 0.717) is 5.78 Å². The Bertz CT molecular complexity index is 495. The summed E-state index contributed by atoms with van der Waals surface area (Å²) < 4.78 is 0. The van der Waals surface area contributed by atoms with Crippen molar-refractivity contribution in [1.29, 1.82) is 0 Å².